The number of carbonyl (C=O) groups is 1. The van der Waals surface area contributed by atoms with Crippen LogP contribution < -0.4 is 4.74 Å². The SMILES string of the molecule is O=C(c1cnc(CCc2cc(OC(F)(F)F)cc(C3CC3)c2)nc1)N1CCC12COC2. The molecule has 2 aromatic rings. The van der Waals surface area contributed by atoms with Gasteiger partial charge in [-0.2, -0.15) is 0 Å². The minimum atomic E-state index is -4.72. The Morgan fingerprint density at radius 1 is 1.16 bits per heavy atom. The van der Waals surface area contributed by atoms with Gasteiger partial charge in [-0.15, -0.1) is 13.2 Å². The van der Waals surface area contributed by atoms with Gasteiger partial charge < -0.3 is 14.4 Å². The molecular formula is C22H22F3N3O3. The van der Waals surface area contributed by atoms with Crippen molar-refractivity contribution in [3.05, 3.63) is 53.1 Å². The topological polar surface area (TPSA) is 64.5 Å². The van der Waals surface area contributed by atoms with Gasteiger partial charge in [0.1, 0.15) is 11.6 Å². The molecule has 0 bridgehead atoms. The molecule has 9 heteroatoms. The van der Waals surface area contributed by atoms with Crippen LogP contribution in [0.15, 0.2) is 30.6 Å². The van der Waals surface area contributed by atoms with Crippen LogP contribution in [0.4, 0.5) is 13.2 Å². The van der Waals surface area contributed by atoms with E-state index in [1.807, 2.05) is 11.0 Å². The predicted octanol–water partition coefficient (Wildman–Crippen LogP) is 3.65. The maximum atomic E-state index is 12.7. The van der Waals surface area contributed by atoms with Crippen molar-refractivity contribution in [1.29, 1.82) is 0 Å². The summed E-state index contributed by atoms with van der Waals surface area (Å²) in [5.41, 5.74) is 1.92. The zero-order chi connectivity index (χ0) is 21.6. The van der Waals surface area contributed by atoms with Gasteiger partial charge in [0.15, 0.2) is 0 Å². The van der Waals surface area contributed by atoms with E-state index in [1.54, 1.807) is 0 Å². The molecule has 3 heterocycles. The number of hydrogen-bond donors (Lipinski definition) is 0. The van der Waals surface area contributed by atoms with Gasteiger partial charge in [0, 0.05) is 25.4 Å². The number of nitrogens with zero attached hydrogens (tertiary/aromatic N) is 3. The number of carbonyl (C=O) groups excluding carboxylic acids is 1. The van der Waals surface area contributed by atoms with E-state index < -0.39 is 6.36 Å². The number of rotatable bonds is 6. The van der Waals surface area contributed by atoms with E-state index in [2.05, 4.69) is 14.7 Å². The highest BCUT2D eigenvalue weighted by atomic mass is 19.4. The van der Waals surface area contributed by atoms with Crippen LogP contribution in [0.2, 0.25) is 0 Å². The molecule has 0 atom stereocenters. The van der Waals surface area contributed by atoms with Crippen molar-refractivity contribution >= 4 is 5.91 Å². The van der Waals surface area contributed by atoms with Crippen LogP contribution in [0.5, 0.6) is 5.75 Å². The number of benzene rings is 1. The standard InChI is InChI=1S/C22H22F3N3O3/c23-22(24,25)31-18-8-14(7-16(9-18)15-2-3-15)1-4-19-26-10-17(11-27-19)20(29)28-6-5-21(28)12-30-13-21/h7-11,15H,1-6,12-13H2. The van der Waals surface area contributed by atoms with Gasteiger partial charge in [-0.25, -0.2) is 9.97 Å². The molecule has 1 aromatic heterocycles. The summed E-state index contributed by atoms with van der Waals surface area (Å²) in [6.45, 7) is 1.87. The summed E-state index contributed by atoms with van der Waals surface area (Å²) in [5.74, 6) is 0.573. The third-order valence-corrected chi connectivity index (χ3v) is 6.22. The number of likely N-dealkylation sites (tertiary alicyclic amines) is 1. The molecule has 1 amide bonds. The summed E-state index contributed by atoms with van der Waals surface area (Å²) in [6.07, 6.45) is 2.19. The Balaban J connectivity index is 1.24. The monoisotopic (exact) mass is 433 g/mol. The van der Waals surface area contributed by atoms with Crippen LogP contribution in [0.3, 0.4) is 0 Å². The Kier molecular flexibility index (Phi) is 4.88. The Morgan fingerprint density at radius 3 is 2.45 bits per heavy atom. The summed E-state index contributed by atoms with van der Waals surface area (Å²) in [7, 11) is 0. The summed E-state index contributed by atoms with van der Waals surface area (Å²) in [6, 6.07) is 4.82. The summed E-state index contributed by atoms with van der Waals surface area (Å²) in [4.78, 5) is 23.1. The smallest absolute Gasteiger partial charge is 0.406 e. The van der Waals surface area contributed by atoms with Crippen LogP contribution in [-0.4, -0.2) is 52.4 Å². The largest absolute Gasteiger partial charge is 0.573 e. The molecule has 164 valence electrons. The maximum Gasteiger partial charge on any atom is 0.573 e. The normalized spacial score (nSPS) is 19.6. The Morgan fingerprint density at radius 2 is 1.90 bits per heavy atom. The highest BCUT2D eigenvalue weighted by Gasteiger charge is 2.53. The zero-order valence-corrected chi connectivity index (χ0v) is 16.8. The van der Waals surface area contributed by atoms with Crippen molar-refractivity contribution in [2.45, 2.75) is 49.9 Å². The first-order valence-electron chi connectivity index (χ1n) is 10.4. The summed E-state index contributed by atoms with van der Waals surface area (Å²) < 4.78 is 47.4. The quantitative estimate of drug-likeness (QED) is 0.696. The molecule has 1 saturated carbocycles. The molecule has 1 aromatic carbocycles. The fourth-order valence-corrected chi connectivity index (χ4v) is 4.18. The molecule has 0 radical (unpaired) electrons. The van der Waals surface area contributed by atoms with Gasteiger partial charge in [0.05, 0.1) is 24.3 Å². The summed E-state index contributed by atoms with van der Waals surface area (Å²) in [5, 5.41) is 0. The number of alkyl halides is 3. The number of ether oxygens (including phenoxy) is 2. The first-order valence-corrected chi connectivity index (χ1v) is 10.4. The molecule has 2 aliphatic heterocycles. The van der Waals surface area contributed by atoms with Crippen molar-refractivity contribution in [3.8, 4) is 5.75 Å². The third kappa shape index (κ3) is 4.23. The lowest BCUT2D eigenvalue weighted by Crippen LogP contribution is -2.72. The second-order valence-corrected chi connectivity index (χ2v) is 8.54. The van der Waals surface area contributed by atoms with Gasteiger partial charge in [-0.3, -0.25) is 4.79 Å². The van der Waals surface area contributed by atoms with Crippen LogP contribution in [-0.2, 0) is 17.6 Å². The van der Waals surface area contributed by atoms with Crippen LogP contribution in [0, 0.1) is 0 Å². The molecule has 6 nitrogen and oxygen atoms in total. The van der Waals surface area contributed by atoms with E-state index in [4.69, 9.17) is 4.74 Å². The number of amides is 1. The lowest BCUT2D eigenvalue weighted by Gasteiger charge is -2.57. The molecule has 3 aliphatic rings. The second kappa shape index (κ2) is 7.47. The minimum absolute atomic E-state index is 0.0906. The molecule has 0 N–H and O–H groups in total. The average Bonchev–Trinajstić information content (AvgIpc) is 3.48. The number of aryl methyl sites for hydroxylation is 2. The predicted molar refractivity (Wildman–Crippen MR) is 104 cm³/mol. The fourth-order valence-electron chi connectivity index (χ4n) is 4.18. The molecule has 31 heavy (non-hydrogen) atoms. The van der Waals surface area contributed by atoms with Gasteiger partial charge in [-0.05, 0) is 54.9 Å². The number of halogens is 3. The first-order chi connectivity index (χ1) is 14.8. The van der Waals surface area contributed by atoms with E-state index in [0.29, 0.717) is 49.9 Å². The highest BCUT2D eigenvalue weighted by molar-refractivity contribution is 5.94. The lowest BCUT2D eigenvalue weighted by atomic mass is 9.82. The number of aromatic nitrogens is 2. The van der Waals surface area contributed by atoms with Crippen molar-refractivity contribution in [2.75, 3.05) is 19.8 Å². The lowest BCUT2D eigenvalue weighted by molar-refractivity contribution is -0.274. The Bertz CT molecular complexity index is 980. The van der Waals surface area contributed by atoms with Gasteiger partial charge in [0.2, 0.25) is 0 Å². The molecule has 1 spiro atoms. The molecular weight excluding hydrogens is 411 g/mol. The van der Waals surface area contributed by atoms with Crippen molar-refractivity contribution in [2.24, 2.45) is 0 Å². The first kappa shape index (κ1) is 20.2. The molecule has 3 fully saturated rings. The fraction of sp³-hybridized carbons (Fsp3) is 0.500. The molecule has 0 unspecified atom stereocenters. The minimum Gasteiger partial charge on any atom is -0.406 e. The second-order valence-electron chi connectivity index (χ2n) is 8.54. The van der Waals surface area contributed by atoms with Gasteiger partial charge in [-0.1, -0.05) is 6.07 Å². The van der Waals surface area contributed by atoms with E-state index in [1.165, 1.54) is 24.5 Å². The van der Waals surface area contributed by atoms with E-state index >= 15 is 0 Å². The van der Waals surface area contributed by atoms with E-state index in [9.17, 15) is 18.0 Å². The molecule has 1 aliphatic carbocycles. The van der Waals surface area contributed by atoms with Crippen LogP contribution in [0.25, 0.3) is 0 Å². The van der Waals surface area contributed by atoms with E-state index in [0.717, 1.165) is 30.4 Å². The zero-order valence-electron chi connectivity index (χ0n) is 16.8. The highest BCUT2D eigenvalue weighted by Crippen LogP contribution is 2.42. The van der Waals surface area contributed by atoms with Crippen LogP contribution in [0.1, 0.15) is 52.5 Å². The Hall–Kier alpha value is -2.68. The molecule has 5 rings (SSSR count). The van der Waals surface area contributed by atoms with Crippen molar-refractivity contribution in [3.63, 3.8) is 0 Å². The van der Waals surface area contributed by atoms with Crippen molar-refractivity contribution in [1.82, 2.24) is 14.9 Å². The molecule has 2 saturated heterocycles. The Labute approximate surface area is 177 Å². The van der Waals surface area contributed by atoms with Gasteiger partial charge >= 0.3 is 6.36 Å². The van der Waals surface area contributed by atoms with E-state index in [-0.39, 0.29) is 17.2 Å². The number of hydrogen-bond acceptors (Lipinski definition) is 5. The van der Waals surface area contributed by atoms with Crippen LogP contribution >= 0.6 is 0 Å². The third-order valence-electron chi connectivity index (χ3n) is 6.22. The van der Waals surface area contributed by atoms with Crippen molar-refractivity contribution < 1.29 is 27.4 Å². The summed E-state index contributed by atoms with van der Waals surface area (Å²) >= 11 is 0. The maximum absolute atomic E-state index is 12.7. The van der Waals surface area contributed by atoms with Gasteiger partial charge in [0.25, 0.3) is 5.91 Å². The average molecular weight is 433 g/mol.